The molecule has 0 fully saturated rings. The number of aromatic nitrogens is 2. The maximum Gasteiger partial charge on any atom is 0.113 e. The summed E-state index contributed by atoms with van der Waals surface area (Å²) in [6.45, 7) is 0.551. The van der Waals surface area contributed by atoms with Crippen LogP contribution in [0.2, 0.25) is 0 Å². The van der Waals surface area contributed by atoms with Gasteiger partial charge in [-0.2, -0.15) is 0 Å². The third-order valence-electron chi connectivity index (χ3n) is 2.92. The van der Waals surface area contributed by atoms with E-state index in [-0.39, 0.29) is 0 Å². The molecule has 1 N–H and O–H groups in total. The van der Waals surface area contributed by atoms with Crippen molar-refractivity contribution in [3.63, 3.8) is 0 Å². The normalized spacial score (nSPS) is 11.1. The molecule has 80 valence electrons. The summed E-state index contributed by atoms with van der Waals surface area (Å²) in [4.78, 5) is 4.40. The Hall–Kier alpha value is -2.10. The predicted molar refractivity (Wildman–Crippen MR) is 71.4 cm³/mol. The smallest absolute Gasteiger partial charge is 0.113 e. The van der Waals surface area contributed by atoms with Crippen molar-refractivity contribution in [1.29, 1.82) is 5.41 Å². The highest BCUT2D eigenvalue weighted by molar-refractivity contribution is 6.33. The highest BCUT2D eigenvalue weighted by atomic mass is 15.0. The molecule has 0 amide bonds. The number of nitrogens with one attached hydrogen (secondary N) is 1. The molecule has 0 atom stereocenters. The predicted octanol–water partition coefficient (Wildman–Crippen LogP) is 1.63. The largest absolute Gasteiger partial charge is 0.334 e. The molecule has 3 rings (SSSR count). The lowest BCUT2D eigenvalue weighted by Crippen LogP contribution is -2.01. The van der Waals surface area contributed by atoms with Gasteiger partial charge in [0.05, 0.1) is 23.1 Å². The topological polar surface area (TPSA) is 41.7 Å². The second-order valence-corrected chi connectivity index (χ2v) is 3.96. The Bertz CT molecular complexity index is 715. The molecule has 3 nitrogen and oxygen atoms in total. The number of pyridine rings is 1. The third-order valence-corrected chi connectivity index (χ3v) is 2.92. The molecule has 0 aliphatic rings. The Morgan fingerprint density at radius 3 is 3.00 bits per heavy atom. The highest BCUT2D eigenvalue weighted by Gasteiger charge is 2.09. The fourth-order valence-corrected chi connectivity index (χ4v) is 2.22. The van der Waals surface area contributed by atoms with Crippen molar-refractivity contribution < 1.29 is 0 Å². The van der Waals surface area contributed by atoms with Crippen LogP contribution in [0.15, 0.2) is 36.5 Å². The van der Waals surface area contributed by atoms with Crippen molar-refractivity contribution in [2.75, 3.05) is 0 Å². The Balaban J connectivity index is 2.52. The lowest BCUT2D eigenvalue weighted by molar-refractivity contribution is 0.944. The van der Waals surface area contributed by atoms with E-state index in [1.165, 1.54) is 6.21 Å². The third kappa shape index (κ3) is 1.45. The molecule has 3 aromatic rings. The molecule has 1 aromatic carbocycles. The maximum absolute atomic E-state index is 7.28. The van der Waals surface area contributed by atoms with Crippen molar-refractivity contribution >= 4 is 41.5 Å². The number of hydrogen-bond donors (Lipinski definition) is 1. The SMILES string of the molecule is [B]c1ccc2c(c1)c1ncccc1n2CC=N. The van der Waals surface area contributed by atoms with Gasteiger partial charge in [0, 0.05) is 17.8 Å². The monoisotopic (exact) mass is 219 g/mol. The van der Waals surface area contributed by atoms with Crippen LogP contribution in [0, 0.1) is 5.41 Å². The molecule has 0 spiro atoms. The second-order valence-electron chi connectivity index (χ2n) is 3.96. The van der Waals surface area contributed by atoms with E-state index >= 15 is 0 Å². The molecule has 17 heavy (non-hydrogen) atoms. The van der Waals surface area contributed by atoms with Crippen molar-refractivity contribution in [3.05, 3.63) is 36.5 Å². The zero-order valence-corrected chi connectivity index (χ0v) is 9.22. The molecule has 0 unspecified atom stereocenters. The highest BCUT2D eigenvalue weighted by Crippen LogP contribution is 2.25. The van der Waals surface area contributed by atoms with E-state index in [1.807, 2.05) is 30.3 Å². The molecule has 0 aliphatic carbocycles. The average Bonchev–Trinajstić information content (AvgIpc) is 2.65. The molecule has 0 saturated heterocycles. The fourth-order valence-electron chi connectivity index (χ4n) is 2.22. The molecular formula is C13H10BN3. The van der Waals surface area contributed by atoms with E-state index < -0.39 is 0 Å². The van der Waals surface area contributed by atoms with Gasteiger partial charge >= 0.3 is 0 Å². The first-order valence-electron chi connectivity index (χ1n) is 5.42. The summed E-state index contributed by atoms with van der Waals surface area (Å²) in [7, 11) is 5.82. The minimum Gasteiger partial charge on any atom is -0.334 e. The first-order valence-corrected chi connectivity index (χ1v) is 5.42. The van der Waals surface area contributed by atoms with Gasteiger partial charge in [0.1, 0.15) is 7.85 Å². The summed E-state index contributed by atoms with van der Waals surface area (Å²) in [6.07, 6.45) is 3.17. The Morgan fingerprint density at radius 1 is 1.29 bits per heavy atom. The summed E-state index contributed by atoms with van der Waals surface area (Å²) < 4.78 is 2.07. The zero-order valence-electron chi connectivity index (χ0n) is 9.22. The quantitative estimate of drug-likeness (QED) is 0.516. The summed E-state index contributed by atoms with van der Waals surface area (Å²) >= 11 is 0. The van der Waals surface area contributed by atoms with E-state index in [4.69, 9.17) is 13.3 Å². The van der Waals surface area contributed by atoms with Gasteiger partial charge in [-0.05, 0) is 18.2 Å². The van der Waals surface area contributed by atoms with Crippen molar-refractivity contribution in [1.82, 2.24) is 9.55 Å². The van der Waals surface area contributed by atoms with Gasteiger partial charge in [0.2, 0.25) is 0 Å². The number of benzene rings is 1. The zero-order chi connectivity index (χ0) is 11.8. The average molecular weight is 219 g/mol. The van der Waals surface area contributed by atoms with Crippen LogP contribution in [-0.2, 0) is 6.54 Å². The number of nitrogens with zero attached hydrogens (tertiary/aromatic N) is 2. The summed E-state index contributed by atoms with van der Waals surface area (Å²) in [5.74, 6) is 0. The van der Waals surface area contributed by atoms with E-state index in [2.05, 4.69) is 9.55 Å². The minimum atomic E-state index is 0.551. The van der Waals surface area contributed by atoms with Crippen LogP contribution in [0.3, 0.4) is 0 Å². The minimum absolute atomic E-state index is 0.551. The Kier molecular flexibility index (Phi) is 2.21. The Morgan fingerprint density at radius 2 is 2.18 bits per heavy atom. The lowest BCUT2D eigenvalue weighted by atomic mass is 9.95. The summed E-state index contributed by atoms with van der Waals surface area (Å²) in [6, 6.07) is 9.72. The first-order chi connectivity index (χ1) is 8.31. The van der Waals surface area contributed by atoms with E-state index in [9.17, 15) is 0 Å². The lowest BCUT2D eigenvalue weighted by Gasteiger charge is -2.02. The van der Waals surface area contributed by atoms with Crippen LogP contribution in [0.25, 0.3) is 21.9 Å². The molecule has 0 bridgehead atoms. The summed E-state index contributed by atoms with van der Waals surface area (Å²) in [5.41, 5.74) is 3.78. The van der Waals surface area contributed by atoms with Crippen molar-refractivity contribution in [2.24, 2.45) is 0 Å². The van der Waals surface area contributed by atoms with E-state index in [0.29, 0.717) is 6.54 Å². The van der Waals surface area contributed by atoms with Gasteiger partial charge in [0.15, 0.2) is 0 Å². The van der Waals surface area contributed by atoms with Gasteiger partial charge in [-0.25, -0.2) is 0 Å². The number of rotatable bonds is 2. The van der Waals surface area contributed by atoms with Crippen LogP contribution in [0.4, 0.5) is 0 Å². The maximum atomic E-state index is 7.28. The molecular weight excluding hydrogens is 209 g/mol. The van der Waals surface area contributed by atoms with Crippen LogP contribution in [0.5, 0.6) is 0 Å². The number of hydrogen-bond acceptors (Lipinski definition) is 2. The van der Waals surface area contributed by atoms with E-state index in [1.54, 1.807) is 6.20 Å². The summed E-state index contributed by atoms with van der Waals surface area (Å²) in [5, 5.41) is 8.32. The van der Waals surface area contributed by atoms with Gasteiger partial charge in [0.25, 0.3) is 0 Å². The van der Waals surface area contributed by atoms with Crippen LogP contribution in [-0.4, -0.2) is 23.6 Å². The molecule has 2 heterocycles. The molecule has 0 aliphatic heterocycles. The molecule has 4 heteroatoms. The molecule has 2 aromatic heterocycles. The second kappa shape index (κ2) is 3.73. The van der Waals surface area contributed by atoms with Gasteiger partial charge in [-0.3, -0.25) is 4.98 Å². The van der Waals surface area contributed by atoms with Crippen LogP contribution >= 0.6 is 0 Å². The van der Waals surface area contributed by atoms with Gasteiger partial charge in [-0.15, -0.1) is 0 Å². The Labute approximate surface area is 100 Å². The molecule has 2 radical (unpaired) electrons. The number of fused-ring (bicyclic) bond motifs is 3. The standard InChI is InChI=1S/C13H10BN3/c14-9-3-4-11-10(8-9)13-12(2-1-6-16-13)17(11)7-5-15/h1-6,8,15H,7H2. The van der Waals surface area contributed by atoms with Crippen LogP contribution < -0.4 is 5.46 Å². The van der Waals surface area contributed by atoms with Crippen LogP contribution in [0.1, 0.15) is 0 Å². The first kappa shape index (κ1) is 10.1. The van der Waals surface area contributed by atoms with Crippen molar-refractivity contribution in [3.8, 4) is 0 Å². The fraction of sp³-hybridized carbons (Fsp3) is 0.0769. The molecule has 0 saturated carbocycles. The van der Waals surface area contributed by atoms with Gasteiger partial charge < -0.3 is 9.98 Å². The van der Waals surface area contributed by atoms with Gasteiger partial charge in [-0.1, -0.05) is 17.6 Å². The van der Waals surface area contributed by atoms with Crippen molar-refractivity contribution in [2.45, 2.75) is 6.54 Å². The van der Waals surface area contributed by atoms with E-state index in [0.717, 1.165) is 27.4 Å².